The molecule has 2 rings (SSSR count). The zero-order valence-electron chi connectivity index (χ0n) is 18.9. The van der Waals surface area contributed by atoms with Crippen LogP contribution in [-0.2, 0) is 4.79 Å². The highest BCUT2D eigenvalue weighted by Gasteiger charge is 2.20. The van der Waals surface area contributed by atoms with Gasteiger partial charge in [-0.05, 0) is 68.4 Å². The Morgan fingerprint density at radius 1 is 1.10 bits per heavy atom. The van der Waals surface area contributed by atoms with Crippen molar-refractivity contribution in [1.29, 1.82) is 0 Å². The maximum Gasteiger partial charge on any atom is 0.251 e. The zero-order valence-corrected chi connectivity index (χ0v) is 18.9. The molecule has 1 atom stereocenters. The van der Waals surface area contributed by atoms with E-state index in [1.54, 1.807) is 6.07 Å². The van der Waals surface area contributed by atoms with E-state index in [2.05, 4.69) is 17.6 Å². The first-order valence-corrected chi connectivity index (χ1v) is 10.8. The molecule has 2 N–H and O–H groups in total. The van der Waals surface area contributed by atoms with Crippen molar-refractivity contribution in [2.45, 2.75) is 46.1 Å². The van der Waals surface area contributed by atoms with E-state index < -0.39 is 6.04 Å². The van der Waals surface area contributed by atoms with Gasteiger partial charge in [0, 0.05) is 18.7 Å². The Labute approximate surface area is 180 Å². The summed E-state index contributed by atoms with van der Waals surface area (Å²) in [7, 11) is 3.91. The zero-order chi connectivity index (χ0) is 22.1. The molecule has 0 spiro atoms. The number of aryl methyl sites for hydroxylation is 1. The second-order valence-electron chi connectivity index (χ2n) is 7.88. The fourth-order valence-corrected chi connectivity index (χ4v) is 3.30. The largest absolute Gasteiger partial charge is 0.493 e. The molecule has 0 radical (unpaired) electrons. The first kappa shape index (κ1) is 23.7. The fraction of sp³-hybridized carbons (Fsp3) is 0.500. The van der Waals surface area contributed by atoms with Crippen LogP contribution in [0.1, 0.15) is 49.0 Å². The van der Waals surface area contributed by atoms with Crippen molar-refractivity contribution in [3.8, 4) is 5.75 Å². The molecule has 0 saturated heterocycles. The number of nitrogens with one attached hydrogen (secondary N) is 2. The Morgan fingerprint density at radius 3 is 2.53 bits per heavy atom. The van der Waals surface area contributed by atoms with Crippen molar-refractivity contribution in [3.05, 3.63) is 41.5 Å². The Balaban J connectivity index is 2.12. The van der Waals surface area contributed by atoms with Gasteiger partial charge in [-0.1, -0.05) is 32.4 Å². The Hall–Kier alpha value is -2.60. The van der Waals surface area contributed by atoms with Crippen LogP contribution in [0, 0.1) is 6.92 Å². The lowest BCUT2D eigenvalue weighted by atomic mass is 10.0. The molecular formula is C24H35N3O3. The molecule has 164 valence electrons. The number of ether oxygens (including phenoxy) is 1. The molecule has 0 fully saturated rings. The minimum absolute atomic E-state index is 0.138. The second-order valence-corrected chi connectivity index (χ2v) is 7.88. The molecule has 0 aliphatic rings. The van der Waals surface area contributed by atoms with Crippen LogP contribution in [0.5, 0.6) is 5.75 Å². The third-order valence-corrected chi connectivity index (χ3v) is 5.02. The summed E-state index contributed by atoms with van der Waals surface area (Å²) in [4.78, 5) is 27.3. The topological polar surface area (TPSA) is 70.7 Å². The van der Waals surface area contributed by atoms with E-state index in [0.717, 1.165) is 41.5 Å². The third kappa shape index (κ3) is 6.46. The number of benzene rings is 2. The Bertz CT molecular complexity index is 864. The van der Waals surface area contributed by atoms with E-state index >= 15 is 0 Å². The maximum absolute atomic E-state index is 12.8. The van der Waals surface area contributed by atoms with Gasteiger partial charge in [0.2, 0.25) is 5.91 Å². The molecule has 0 aliphatic carbocycles. The molecule has 30 heavy (non-hydrogen) atoms. The quantitative estimate of drug-likeness (QED) is 0.591. The van der Waals surface area contributed by atoms with Crippen LogP contribution < -0.4 is 15.4 Å². The lowest BCUT2D eigenvalue weighted by Crippen LogP contribution is -2.47. The van der Waals surface area contributed by atoms with Crippen LogP contribution in [0.15, 0.2) is 30.3 Å². The highest BCUT2D eigenvalue weighted by Crippen LogP contribution is 2.28. The highest BCUT2D eigenvalue weighted by molar-refractivity contribution is 6.01. The average molecular weight is 414 g/mol. The summed E-state index contributed by atoms with van der Waals surface area (Å²) in [6.45, 7) is 8.11. The molecule has 0 heterocycles. The van der Waals surface area contributed by atoms with Crippen molar-refractivity contribution >= 4 is 22.6 Å². The van der Waals surface area contributed by atoms with Crippen LogP contribution in [0.25, 0.3) is 10.8 Å². The highest BCUT2D eigenvalue weighted by atomic mass is 16.5. The number of hydrogen-bond acceptors (Lipinski definition) is 4. The van der Waals surface area contributed by atoms with E-state index in [0.29, 0.717) is 25.1 Å². The number of rotatable bonds is 11. The molecule has 2 aromatic rings. The van der Waals surface area contributed by atoms with Gasteiger partial charge in [-0.2, -0.15) is 0 Å². The van der Waals surface area contributed by atoms with E-state index in [1.807, 2.05) is 57.1 Å². The molecule has 6 nitrogen and oxygen atoms in total. The third-order valence-electron chi connectivity index (χ3n) is 5.02. The number of carbonyl (C=O) groups is 2. The summed E-state index contributed by atoms with van der Waals surface area (Å²) < 4.78 is 5.80. The molecule has 2 amide bonds. The monoisotopic (exact) mass is 413 g/mol. The van der Waals surface area contributed by atoms with Crippen molar-refractivity contribution < 1.29 is 14.3 Å². The van der Waals surface area contributed by atoms with E-state index in [-0.39, 0.29) is 11.8 Å². The number of fused-ring (bicyclic) bond motifs is 1. The van der Waals surface area contributed by atoms with Crippen molar-refractivity contribution in [3.63, 3.8) is 0 Å². The van der Waals surface area contributed by atoms with Gasteiger partial charge >= 0.3 is 0 Å². The van der Waals surface area contributed by atoms with E-state index in [9.17, 15) is 9.59 Å². The maximum atomic E-state index is 12.8. The SMILES string of the molecule is CCCOc1ccc2cc(C(=O)N[C@@H](CCC)C(=O)NCCN(C)C)ccc2c1C. The lowest BCUT2D eigenvalue weighted by Gasteiger charge is -2.19. The summed E-state index contributed by atoms with van der Waals surface area (Å²) in [6.07, 6.45) is 2.37. The number of likely N-dealkylation sites (N-methyl/N-ethyl adjacent to an activating group) is 1. The van der Waals surface area contributed by atoms with Gasteiger partial charge in [-0.25, -0.2) is 0 Å². The van der Waals surface area contributed by atoms with Crippen LogP contribution >= 0.6 is 0 Å². The smallest absolute Gasteiger partial charge is 0.251 e. The second kappa shape index (κ2) is 11.6. The van der Waals surface area contributed by atoms with Crippen LogP contribution in [-0.4, -0.2) is 56.5 Å². The van der Waals surface area contributed by atoms with Gasteiger partial charge in [0.05, 0.1) is 6.61 Å². The molecule has 0 saturated carbocycles. The van der Waals surface area contributed by atoms with Crippen LogP contribution in [0.4, 0.5) is 0 Å². The van der Waals surface area contributed by atoms with Gasteiger partial charge in [-0.3, -0.25) is 9.59 Å². The first-order valence-electron chi connectivity index (χ1n) is 10.8. The van der Waals surface area contributed by atoms with Crippen LogP contribution in [0.3, 0.4) is 0 Å². The Morgan fingerprint density at radius 2 is 1.87 bits per heavy atom. The molecule has 0 unspecified atom stereocenters. The number of carbonyl (C=O) groups excluding carboxylic acids is 2. The fourth-order valence-electron chi connectivity index (χ4n) is 3.30. The normalized spacial score (nSPS) is 12.1. The minimum atomic E-state index is -0.535. The first-order chi connectivity index (χ1) is 14.4. The van der Waals surface area contributed by atoms with Gasteiger partial charge in [0.15, 0.2) is 0 Å². The summed E-state index contributed by atoms with van der Waals surface area (Å²) in [5.74, 6) is 0.502. The lowest BCUT2D eigenvalue weighted by molar-refractivity contribution is -0.123. The summed E-state index contributed by atoms with van der Waals surface area (Å²) >= 11 is 0. The number of amides is 2. The van der Waals surface area contributed by atoms with Crippen molar-refractivity contribution in [2.24, 2.45) is 0 Å². The molecule has 0 bridgehead atoms. The summed E-state index contributed by atoms with van der Waals surface area (Å²) in [5.41, 5.74) is 1.61. The predicted molar refractivity (Wildman–Crippen MR) is 122 cm³/mol. The molecule has 6 heteroatoms. The van der Waals surface area contributed by atoms with Gasteiger partial charge in [-0.15, -0.1) is 0 Å². The van der Waals surface area contributed by atoms with Crippen molar-refractivity contribution in [2.75, 3.05) is 33.8 Å². The van der Waals surface area contributed by atoms with E-state index in [1.165, 1.54) is 0 Å². The van der Waals surface area contributed by atoms with Gasteiger partial charge < -0.3 is 20.3 Å². The van der Waals surface area contributed by atoms with Crippen molar-refractivity contribution in [1.82, 2.24) is 15.5 Å². The summed E-state index contributed by atoms with van der Waals surface area (Å²) in [5, 5.41) is 7.85. The molecular weight excluding hydrogens is 378 g/mol. The molecule has 0 aromatic heterocycles. The molecule has 2 aromatic carbocycles. The molecule has 0 aliphatic heterocycles. The minimum Gasteiger partial charge on any atom is -0.493 e. The number of nitrogens with zero attached hydrogens (tertiary/aromatic N) is 1. The predicted octanol–water partition coefficient (Wildman–Crippen LogP) is 3.51. The number of hydrogen-bond donors (Lipinski definition) is 2. The standard InChI is InChI=1S/C24H35N3O3/c1-6-8-21(24(29)25-13-14-27(4)5)26-23(28)19-9-11-20-17(3)22(30-15-7-2)12-10-18(20)16-19/h9-12,16,21H,6-8,13-15H2,1-5H3,(H,25,29)(H,26,28)/t21-/m0/s1. The Kier molecular flexibility index (Phi) is 9.12. The van der Waals surface area contributed by atoms with Crippen LogP contribution in [0.2, 0.25) is 0 Å². The summed E-state index contributed by atoms with van der Waals surface area (Å²) in [6, 6.07) is 9.01. The van der Waals surface area contributed by atoms with Gasteiger partial charge in [0.1, 0.15) is 11.8 Å². The average Bonchev–Trinajstić information content (AvgIpc) is 2.72. The van der Waals surface area contributed by atoms with E-state index in [4.69, 9.17) is 4.74 Å². The van der Waals surface area contributed by atoms with Gasteiger partial charge in [0.25, 0.3) is 5.91 Å².